The number of carbonyl (C=O) groups is 2. The SMILES string of the molecule is O=C(O)CCC(=O)N1N=C2/C(=C/c3ccc(F)cc3)CCC[C@H]2[C@@H]1c1ccc(F)cc1. The summed E-state index contributed by atoms with van der Waals surface area (Å²) in [5.74, 6) is -2.17. The number of carbonyl (C=O) groups excluding carboxylic acids is 1. The second-order valence-corrected chi connectivity index (χ2v) is 7.83. The van der Waals surface area contributed by atoms with E-state index in [1.165, 1.54) is 29.3 Å². The van der Waals surface area contributed by atoms with Gasteiger partial charge in [-0.1, -0.05) is 24.3 Å². The minimum absolute atomic E-state index is 0.0697. The largest absolute Gasteiger partial charge is 0.481 e. The van der Waals surface area contributed by atoms with Gasteiger partial charge in [0.15, 0.2) is 0 Å². The standard InChI is InChI=1S/C24H22F2N2O3/c25-18-8-4-15(5-9-18)14-17-2-1-3-20-23(17)27-28(21(29)12-13-22(30)31)24(20)16-6-10-19(26)11-7-16/h4-11,14,20,24H,1-3,12-13H2,(H,30,31)/b17-14+/t20-,24+/m1/s1. The van der Waals surface area contributed by atoms with Gasteiger partial charge in [0.25, 0.3) is 0 Å². The Bertz CT molecular complexity index is 1050. The normalized spacial score (nSPS) is 21.7. The zero-order valence-corrected chi connectivity index (χ0v) is 16.8. The van der Waals surface area contributed by atoms with Crippen molar-refractivity contribution in [2.75, 3.05) is 0 Å². The van der Waals surface area contributed by atoms with E-state index in [1.807, 2.05) is 6.08 Å². The number of fused-ring (bicyclic) bond motifs is 1. The number of rotatable bonds is 5. The second kappa shape index (κ2) is 8.79. The van der Waals surface area contributed by atoms with Crippen molar-refractivity contribution in [2.45, 2.75) is 38.1 Å². The molecule has 2 aromatic rings. The van der Waals surface area contributed by atoms with Gasteiger partial charge in [-0.2, -0.15) is 5.10 Å². The van der Waals surface area contributed by atoms with Crippen LogP contribution in [0.1, 0.15) is 49.3 Å². The van der Waals surface area contributed by atoms with Crippen molar-refractivity contribution in [1.29, 1.82) is 0 Å². The van der Waals surface area contributed by atoms with Crippen LogP contribution in [0.15, 0.2) is 59.2 Å². The third-order valence-electron chi connectivity index (χ3n) is 5.73. The molecule has 31 heavy (non-hydrogen) atoms. The fourth-order valence-corrected chi connectivity index (χ4v) is 4.29. The summed E-state index contributed by atoms with van der Waals surface area (Å²) in [4.78, 5) is 23.8. The number of halogens is 2. The topological polar surface area (TPSA) is 70.0 Å². The first kappa shape index (κ1) is 20.9. The molecular weight excluding hydrogens is 402 g/mol. The van der Waals surface area contributed by atoms with Gasteiger partial charge in [-0.05, 0) is 66.3 Å². The zero-order valence-electron chi connectivity index (χ0n) is 16.8. The molecular formula is C24H22F2N2O3. The van der Waals surface area contributed by atoms with Gasteiger partial charge in [0, 0.05) is 12.3 Å². The number of carboxylic acid groups (broad SMARTS) is 1. The molecule has 0 saturated heterocycles. The molecule has 2 atom stereocenters. The molecule has 2 aromatic carbocycles. The number of hydrazone groups is 1. The van der Waals surface area contributed by atoms with Gasteiger partial charge < -0.3 is 5.11 Å². The Kier molecular flexibility index (Phi) is 5.93. The van der Waals surface area contributed by atoms with E-state index in [1.54, 1.807) is 24.3 Å². The molecule has 0 aromatic heterocycles. The summed E-state index contributed by atoms with van der Waals surface area (Å²) in [6, 6.07) is 11.8. The van der Waals surface area contributed by atoms with Gasteiger partial charge in [-0.15, -0.1) is 0 Å². The van der Waals surface area contributed by atoms with E-state index < -0.39 is 12.0 Å². The van der Waals surface area contributed by atoms with E-state index in [9.17, 15) is 18.4 Å². The number of carboxylic acids is 1. The van der Waals surface area contributed by atoms with Crippen molar-refractivity contribution < 1.29 is 23.5 Å². The molecule has 0 radical (unpaired) electrons. The lowest BCUT2D eigenvalue weighted by molar-refractivity contribution is -0.141. The predicted molar refractivity (Wildman–Crippen MR) is 112 cm³/mol. The van der Waals surface area contributed by atoms with Crippen LogP contribution >= 0.6 is 0 Å². The number of nitrogens with zero attached hydrogens (tertiary/aromatic N) is 2. The van der Waals surface area contributed by atoms with E-state index in [0.29, 0.717) is 0 Å². The predicted octanol–water partition coefficient (Wildman–Crippen LogP) is 4.95. The number of benzene rings is 2. The Labute approximate surface area is 178 Å². The maximum absolute atomic E-state index is 13.5. The summed E-state index contributed by atoms with van der Waals surface area (Å²) in [5, 5.41) is 15.0. The molecule has 0 unspecified atom stereocenters. The summed E-state index contributed by atoms with van der Waals surface area (Å²) in [7, 11) is 0. The first-order valence-corrected chi connectivity index (χ1v) is 10.3. The maximum atomic E-state index is 13.5. The van der Waals surface area contributed by atoms with Crippen molar-refractivity contribution in [3.05, 3.63) is 76.9 Å². The summed E-state index contributed by atoms with van der Waals surface area (Å²) in [6.07, 6.45) is 4.00. The van der Waals surface area contributed by atoms with Crippen molar-refractivity contribution in [3.63, 3.8) is 0 Å². The van der Waals surface area contributed by atoms with E-state index in [2.05, 4.69) is 5.10 Å². The van der Waals surface area contributed by atoms with Crippen LogP contribution < -0.4 is 0 Å². The van der Waals surface area contributed by atoms with Crippen LogP contribution in [0, 0.1) is 17.6 Å². The number of amides is 1. The number of allylic oxidation sites excluding steroid dienone is 1. The van der Waals surface area contributed by atoms with Crippen LogP contribution in [-0.4, -0.2) is 27.7 Å². The first-order valence-electron chi connectivity index (χ1n) is 10.3. The lowest BCUT2D eigenvalue weighted by atomic mass is 9.77. The third kappa shape index (κ3) is 4.55. The monoisotopic (exact) mass is 424 g/mol. The molecule has 1 fully saturated rings. The highest BCUT2D eigenvalue weighted by molar-refractivity contribution is 6.08. The van der Waals surface area contributed by atoms with E-state index >= 15 is 0 Å². The van der Waals surface area contributed by atoms with E-state index in [0.717, 1.165) is 41.7 Å². The Morgan fingerprint density at radius 3 is 2.32 bits per heavy atom. The lowest BCUT2D eigenvalue weighted by Crippen LogP contribution is -2.32. The minimum atomic E-state index is -1.05. The fraction of sp³-hybridized carbons (Fsp3) is 0.292. The molecule has 1 N–H and O–H groups in total. The zero-order chi connectivity index (χ0) is 22.0. The molecule has 0 spiro atoms. The summed E-state index contributed by atoms with van der Waals surface area (Å²) >= 11 is 0. The molecule has 5 nitrogen and oxygen atoms in total. The van der Waals surface area contributed by atoms with Gasteiger partial charge in [0.05, 0.1) is 18.2 Å². The average molecular weight is 424 g/mol. The van der Waals surface area contributed by atoms with Gasteiger partial charge in [-0.3, -0.25) is 9.59 Å². The number of hydrogen-bond acceptors (Lipinski definition) is 3. The highest BCUT2D eigenvalue weighted by Gasteiger charge is 2.43. The lowest BCUT2D eigenvalue weighted by Gasteiger charge is -2.29. The van der Waals surface area contributed by atoms with Crippen molar-refractivity contribution in [3.8, 4) is 0 Å². The molecule has 1 heterocycles. The smallest absolute Gasteiger partial charge is 0.303 e. The third-order valence-corrected chi connectivity index (χ3v) is 5.73. The van der Waals surface area contributed by atoms with Crippen LogP contribution in [0.3, 0.4) is 0 Å². The number of aliphatic carboxylic acids is 1. The van der Waals surface area contributed by atoms with Crippen LogP contribution in [-0.2, 0) is 9.59 Å². The van der Waals surface area contributed by atoms with E-state index in [-0.39, 0.29) is 36.3 Å². The van der Waals surface area contributed by atoms with Crippen LogP contribution in [0.2, 0.25) is 0 Å². The Hall–Kier alpha value is -3.35. The number of hydrogen-bond donors (Lipinski definition) is 1. The van der Waals surface area contributed by atoms with Crippen LogP contribution in [0.4, 0.5) is 8.78 Å². The van der Waals surface area contributed by atoms with Gasteiger partial charge in [0.2, 0.25) is 5.91 Å². The summed E-state index contributed by atoms with van der Waals surface area (Å²) in [6.45, 7) is 0. The maximum Gasteiger partial charge on any atom is 0.303 e. The molecule has 160 valence electrons. The molecule has 2 aliphatic rings. The highest BCUT2D eigenvalue weighted by Crippen LogP contribution is 2.44. The average Bonchev–Trinajstić information content (AvgIpc) is 3.15. The van der Waals surface area contributed by atoms with Crippen molar-refractivity contribution >= 4 is 23.7 Å². The van der Waals surface area contributed by atoms with E-state index in [4.69, 9.17) is 5.11 Å². The fourth-order valence-electron chi connectivity index (χ4n) is 4.29. The van der Waals surface area contributed by atoms with Crippen molar-refractivity contribution in [1.82, 2.24) is 5.01 Å². The molecule has 1 saturated carbocycles. The Balaban J connectivity index is 1.70. The van der Waals surface area contributed by atoms with Crippen LogP contribution in [0.5, 0.6) is 0 Å². The second-order valence-electron chi connectivity index (χ2n) is 7.83. The first-order chi connectivity index (χ1) is 14.9. The molecule has 1 amide bonds. The van der Waals surface area contributed by atoms with Crippen molar-refractivity contribution in [2.24, 2.45) is 11.0 Å². The Morgan fingerprint density at radius 2 is 1.68 bits per heavy atom. The molecule has 1 aliphatic carbocycles. The molecule has 0 bridgehead atoms. The Morgan fingerprint density at radius 1 is 1.03 bits per heavy atom. The quantitative estimate of drug-likeness (QED) is 0.738. The van der Waals surface area contributed by atoms with Gasteiger partial charge in [-0.25, -0.2) is 13.8 Å². The molecule has 4 rings (SSSR count). The highest BCUT2D eigenvalue weighted by atomic mass is 19.1. The summed E-state index contributed by atoms with van der Waals surface area (Å²) in [5.41, 5.74) is 3.36. The molecule has 7 heteroatoms. The molecule has 1 aliphatic heterocycles. The summed E-state index contributed by atoms with van der Waals surface area (Å²) < 4.78 is 26.8. The minimum Gasteiger partial charge on any atom is -0.481 e. The van der Waals surface area contributed by atoms with Crippen LogP contribution in [0.25, 0.3) is 6.08 Å². The van der Waals surface area contributed by atoms with Gasteiger partial charge in [0.1, 0.15) is 11.6 Å². The van der Waals surface area contributed by atoms with Gasteiger partial charge >= 0.3 is 5.97 Å².